The number of carbonyl (C=O) groups is 2. The van der Waals surface area contributed by atoms with Gasteiger partial charge in [0.1, 0.15) is 23.3 Å². The van der Waals surface area contributed by atoms with E-state index in [1.165, 1.54) is 0 Å². The Bertz CT molecular complexity index is 1710. The van der Waals surface area contributed by atoms with Gasteiger partial charge in [-0.1, -0.05) is 20.8 Å². The van der Waals surface area contributed by atoms with Crippen LogP contribution in [0.15, 0.2) is 24.5 Å². The Labute approximate surface area is 283 Å². The minimum Gasteiger partial charge on any atom is -0.446 e. The first-order chi connectivity index (χ1) is 22.4. The molecule has 2 aliphatic rings. The van der Waals surface area contributed by atoms with E-state index in [9.17, 15) is 9.59 Å². The highest BCUT2D eigenvalue weighted by molar-refractivity contribution is 6.74. The second kappa shape index (κ2) is 13.4. The zero-order valence-corrected chi connectivity index (χ0v) is 30.9. The van der Waals surface area contributed by atoms with Crippen LogP contribution in [0.2, 0.25) is 18.1 Å². The Kier molecular flexibility index (Phi) is 9.93. The third-order valence-electron chi connectivity index (χ3n) is 9.55. The van der Waals surface area contributed by atoms with Gasteiger partial charge in [0.2, 0.25) is 0 Å². The minimum atomic E-state index is -2.21. The van der Waals surface area contributed by atoms with Gasteiger partial charge in [0.15, 0.2) is 8.32 Å². The van der Waals surface area contributed by atoms with Crippen molar-refractivity contribution in [2.75, 3.05) is 30.0 Å². The van der Waals surface area contributed by atoms with Crippen molar-refractivity contribution in [3.05, 3.63) is 47.2 Å². The van der Waals surface area contributed by atoms with Crippen molar-refractivity contribution in [3.63, 3.8) is 0 Å². The number of hydrogen-bond donors (Lipinski definition) is 1. The number of ether oxygens (including phenoxy) is 3. The van der Waals surface area contributed by atoms with Crippen LogP contribution in [0.3, 0.4) is 0 Å². The number of nitrogens with zero attached hydrogens (tertiary/aromatic N) is 3. The van der Waals surface area contributed by atoms with Crippen LogP contribution < -0.4 is 10.2 Å². The predicted octanol–water partition coefficient (Wildman–Crippen LogP) is 8.99. The molecule has 1 N–H and O–H groups in total. The first kappa shape index (κ1) is 35.7. The fraction of sp³-hybridized carbons (Fsp3) is 0.556. The van der Waals surface area contributed by atoms with Gasteiger partial charge in [0, 0.05) is 48.3 Å². The normalized spacial score (nSPS) is 17.6. The Morgan fingerprint density at radius 3 is 2.31 bits per heavy atom. The molecule has 1 atom stereocenters. The maximum absolute atomic E-state index is 16.2. The molecule has 3 aromatic rings. The van der Waals surface area contributed by atoms with E-state index >= 15 is 4.39 Å². The molecule has 2 aromatic heterocycles. The summed E-state index contributed by atoms with van der Waals surface area (Å²) in [6.07, 6.45) is 3.45. The lowest BCUT2D eigenvalue weighted by Crippen LogP contribution is -2.46. The van der Waals surface area contributed by atoms with Crippen LogP contribution in [-0.2, 0) is 18.6 Å². The number of amides is 2. The first-order valence-corrected chi connectivity index (χ1v) is 19.6. The van der Waals surface area contributed by atoms with Crippen LogP contribution in [0.25, 0.3) is 21.9 Å². The molecule has 0 radical (unpaired) electrons. The summed E-state index contributed by atoms with van der Waals surface area (Å²) in [5.41, 5.74) is 2.50. The summed E-state index contributed by atoms with van der Waals surface area (Å²) >= 11 is 0. The molecule has 0 saturated carbocycles. The molecule has 12 heteroatoms. The molecule has 10 nitrogen and oxygen atoms in total. The zero-order valence-electron chi connectivity index (χ0n) is 29.9. The quantitative estimate of drug-likeness (QED) is 0.266. The molecular formula is C36H49FN4O6Si. The van der Waals surface area contributed by atoms with E-state index < -0.39 is 31.9 Å². The van der Waals surface area contributed by atoms with Gasteiger partial charge in [-0.3, -0.25) is 15.2 Å². The molecule has 1 unspecified atom stereocenters. The fourth-order valence-electron chi connectivity index (χ4n) is 5.89. The van der Waals surface area contributed by atoms with Crippen LogP contribution >= 0.6 is 0 Å². The van der Waals surface area contributed by atoms with E-state index in [4.69, 9.17) is 23.6 Å². The van der Waals surface area contributed by atoms with Gasteiger partial charge in [-0.05, 0) is 87.8 Å². The second-order valence-corrected chi connectivity index (χ2v) is 20.1. The van der Waals surface area contributed by atoms with Gasteiger partial charge < -0.3 is 18.6 Å². The molecule has 260 valence electrons. The summed E-state index contributed by atoms with van der Waals surface area (Å²) in [4.78, 5) is 37.0. The topological polar surface area (TPSA) is 112 Å². The minimum absolute atomic E-state index is 0.0274. The third-order valence-corrected chi connectivity index (χ3v) is 14.0. The predicted molar refractivity (Wildman–Crippen MR) is 188 cm³/mol. The molecule has 1 aromatic carbocycles. The highest BCUT2D eigenvalue weighted by Crippen LogP contribution is 2.46. The summed E-state index contributed by atoms with van der Waals surface area (Å²) in [7, 11) is -2.21. The lowest BCUT2D eigenvalue weighted by Gasteiger charge is -2.42. The number of rotatable bonds is 5. The van der Waals surface area contributed by atoms with Gasteiger partial charge in [0.25, 0.3) is 0 Å². The number of nitrogens with one attached hydrogen (secondary N) is 1. The lowest BCUT2D eigenvalue weighted by atomic mass is 9.92. The van der Waals surface area contributed by atoms with Gasteiger partial charge >= 0.3 is 12.2 Å². The average molecular weight is 681 g/mol. The molecule has 1 fully saturated rings. The van der Waals surface area contributed by atoms with Crippen molar-refractivity contribution >= 4 is 42.8 Å². The van der Waals surface area contributed by atoms with Gasteiger partial charge in [-0.15, -0.1) is 0 Å². The molecule has 0 aliphatic carbocycles. The Balaban J connectivity index is 1.56. The van der Waals surface area contributed by atoms with E-state index in [1.807, 2.05) is 27.7 Å². The maximum Gasteiger partial charge on any atom is 0.414 e. The van der Waals surface area contributed by atoms with Crippen LogP contribution in [0, 0.1) is 19.7 Å². The van der Waals surface area contributed by atoms with E-state index in [2.05, 4.69) is 44.2 Å². The third kappa shape index (κ3) is 7.50. The number of hydrogen-bond acceptors (Lipinski definition) is 8. The molecule has 0 spiro atoms. The van der Waals surface area contributed by atoms with E-state index in [-0.39, 0.29) is 17.2 Å². The Hall–Kier alpha value is -3.61. The smallest absolute Gasteiger partial charge is 0.414 e. The standard InChI is InChI=1S/C36H49FN4O6Si/c1-21-26-19-38-29(40-33(42)45-24-12-15-44-16-13-24)18-23(26)17-25(30(21)37)27-20-39-31-28(47-48(9,10)36(6,7)8)11-14-41(32(31)22(27)2)34(43)46-35(3,4)5/h17-20,24,28H,11-16H2,1-10H3,(H,38,40,42). The average Bonchev–Trinajstić information content (AvgIpc) is 2.98. The fourth-order valence-corrected chi connectivity index (χ4v) is 7.18. The lowest BCUT2D eigenvalue weighted by molar-refractivity contribution is 0.00589. The molecule has 4 heterocycles. The van der Waals surface area contributed by atoms with Crippen LogP contribution in [0.1, 0.15) is 83.7 Å². The van der Waals surface area contributed by atoms with Crippen molar-refractivity contribution in [2.45, 2.75) is 111 Å². The molecule has 2 aliphatic heterocycles. The van der Waals surface area contributed by atoms with Crippen molar-refractivity contribution < 1.29 is 32.6 Å². The van der Waals surface area contributed by atoms with Gasteiger partial charge in [0.05, 0.1) is 30.7 Å². The number of pyridine rings is 2. The van der Waals surface area contributed by atoms with Crippen LogP contribution in [0.4, 0.5) is 25.5 Å². The summed E-state index contributed by atoms with van der Waals surface area (Å²) in [6, 6.07) is 3.43. The Morgan fingerprint density at radius 2 is 1.67 bits per heavy atom. The number of aryl methyl sites for hydroxylation is 1. The molecule has 0 bridgehead atoms. The van der Waals surface area contributed by atoms with Crippen LogP contribution in [-0.4, -0.2) is 61.9 Å². The monoisotopic (exact) mass is 680 g/mol. The SMILES string of the molecule is Cc1c(-c2cc3cc(NC(=O)OC4CCOCC4)ncc3c(C)c2F)cnc2c1N(C(=O)OC(C)(C)C)CCC2O[Si](C)(C)C(C)(C)C. The van der Waals surface area contributed by atoms with Crippen molar-refractivity contribution in [1.82, 2.24) is 9.97 Å². The first-order valence-electron chi connectivity index (χ1n) is 16.7. The summed E-state index contributed by atoms with van der Waals surface area (Å²) in [5, 5.41) is 3.98. The number of aromatic nitrogens is 2. The van der Waals surface area contributed by atoms with E-state index in [0.717, 1.165) is 0 Å². The molecule has 1 saturated heterocycles. The summed E-state index contributed by atoms with van der Waals surface area (Å²) in [6.45, 7) is 21.5. The number of fused-ring (bicyclic) bond motifs is 2. The Morgan fingerprint density at radius 1 is 0.979 bits per heavy atom. The molecular weight excluding hydrogens is 632 g/mol. The number of carbonyl (C=O) groups excluding carboxylic acids is 2. The van der Waals surface area contributed by atoms with Crippen molar-refractivity contribution in [2.24, 2.45) is 0 Å². The van der Waals surface area contributed by atoms with Gasteiger partial charge in [-0.25, -0.2) is 19.0 Å². The largest absolute Gasteiger partial charge is 0.446 e. The number of halogens is 1. The molecule has 5 rings (SSSR count). The molecule has 2 amide bonds. The van der Waals surface area contributed by atoms with Crippen molar-refractivity contribution in [3.8, 4) is 11.1 Å². The van der Waals surface area contributed by atoms with Crippen molar-refractivity contribution in [1.29, 1.82) is 0 Å². The maximum atomic E-state index is 16.2. The zero-order chi connectivity index (χ0) is 35.2. The van der Waals surface area contributed by atoms with E-state index in [0.29, 0.717) is 89.2 Å². The summed E-state index contributed by atoms with van der Waals surface area (Å²) < 4.78 is 39.8. The number of benzene rings is 1. The second-order valence-electron chi connectivity index (χ2n) is 15.3. The van der Waals surface area contributed by atoms with Gasteiger partial charge in [-0.2, -0.15) is 0 Å². The molecule has 48 heavy (non-hydrogen) atoms. The summed E-state index contributed by atoms with van der Waals surface area (Å²) in [5.74, 6) is -0.124. The van der Waals surface area contributed by atoms with E-state index in [1.54, 1.807) is 36.4 Å². The van der Waals surface area contributed by atoms with Crippen LogP contribution in [0.5, 0.6) is 0 Å². The number of anilines is 2. The highest BCUT2D eigenvalue weighted by Gasteiger charge is 2.43. The highest BCUT2D eigenvalue weighted by atomic mass is 28.4.